The lowest BCUT2D eigenvalue weighted by Crippen LogP contribution is -2.50. The largest absolute Gasteiger partial charge is 0.493 e. The maximum absolute atomic E-state index is 14.3. The molecule has 50 heavy (non-hydrogen) atoms. The number of unbranched alkanes of at least 4 members (excludes halogenated alkanes) is 1. The predicted molar refractivity (Wildman–Crippen MR) is 187 cm³/mol. The van der Waals surface area contributed by atoms with Crippen molar-refractivity contribution < 1.29 is 37.4 Å². The number of primary amides is 1. The molecule has 11 nitrogen and oxygen atoms in total. The summed E-state index contributed by atoms with van der Waals surface area (Å²) in [7, 11) is 1.54. The van der Waals surface area contributed by atoms with Crippen LogP contribution >= 0.6 is 12.4 Å². The first-order valence-electron chi connectivity index (χ1n) is 16.6. The molecular weight excluding hydrogens is 672 g/mol. The van der Waals surface area contributed by atoms with Crippen LogP contribution < -0.4 is 25.8 Å². The van der Waals surface area contributed by atoms with Gasteiger partial charge >= 0.3 is 6.03 Å². The summed E-state index contributed by atoms with van der Waals surface area (Å²) in [6, 6.07) is 13.9. The van der Waals surface area contributed by atoms with Gasteiger partial charge in [0.25, 0.3) is 11.8 Å². The number of anilines is 1. The molecule has 14 heteroatoms. The Morgan fingerprint density at radius 2 is 1.72 bits per heavy atom. The van der Waals surface area contributed by atoms with Gasteiger partial charge in [0.1, 0.15) is 17.4 Å². The summed E-state index contributed by atoms with van der Waals surface area (Å²) in [5.41, 5.74) is 5.96. The number of benzene rings is 3. The number of carbonyl (C=O) groups excluding carboxylic acids is 3. The zero-order chi connectivity index (χ0) is 34.9. The number of hydrogen-bond acceptors (Lipinski definition) is 7. The second-order valence-electron chi connectivity index (χ2n) is 12.3. The van der Waals surface area contributed by atoms with Gasteiger partial charge in [-0.25, -0.2) is 13.6 Å². The molecule has 2 saturated heterocycles. The van der Waals surface area contributed by atoms with Gasteiger partial charge in [-0.3, -0.25) is 14.5 Å². The number of nitrogens with one attached hydrogen (secondary N) is 2. The van der Waals surface area contributed by atoms with Crippen LogP contribution in [0.15, 0.2) is 54.6 Å². The van der Waals surface area contributed by atoms with Gasteiger partial charge in [0.15, 0.2) is 11.5 Å². The van der Waals surface area contributed by atoms with E-state index < -0.39 is 29.1 Å². The number of morpholine rings is 1. The Hall–Kier alpha value is -4.46. The second-order valence-corrected chi connectivity index (χ2v) is 12.3. The molecular formula is C36H44ClF2N5O6. The smallest absolute Gasteiger partial charge is 0.319 e. The third-order valence-electron chi connectivity index (χ3n) is 8.88. The van der Waals surface area contributed by atoms with Crippen LogP contribution in [0.1, 0.15) is 65.3 Å². The van der Waals surface area contributed by atoms with Gasteiger partial charge in [0.2, 0.25) is 0 Å². The van der Waals surface area contributed by atoms with Crippen molar-refractivity contribution in [2.75, 3.05) is 45.3 Å². The quantitative estimate of drug-likeness (QED) is 0.206. The van der Waals surface area contributed by atoms with Gasteiger partial charge in [-0.2, -0.15) is 0 Å². The van der Waals surface area contributed by atoms with E-state index in [0.717, 1.165) is 37.4 Å². The third kappa shape index (κ3) is 9.83. The Kier molecular flexibility index (Phi) is 13.8. The van der Waals surface area contributed by atoms with Gasteiger partial charge in [0.05, 0.1) is 31.6 Å². The molecule has 0 spiro atoms. The normalized spacial score (nSPS) is 17.7. The number of rotatable bonds is 12. The van der Waals surface area contributed by atoms with E-state index in [1.54, 1.807) is 30.2 Å². The van der Waals surface area contributed by atoms with Gasteiger partial charge in [-0.15, -0.1) is 12.4 Å². The number of nitrogens with two attached hydrogens (primary N) is 1. The molecule has 0 saturated carbocycles. The van der Waals surface area contributed by atoms with E-state index >= 15 is 0 Å². The molecule has 0 bridgehead atoms. The summed E-state index contributed by atoms with van der Waals surface area (Å²) in [6.07, 6.45) is 4.40. The number of nitrogens with zero attached hydrogens (tertiary/aromatic N) is 2. The summed E-state index contributed by atoms with van der Waals surface area (Å²) in [6.45, 7) is 5.75. The van der Waals surface area contributed by atoms with E-state index in [2.05, 4.69) is 22.5 Å². The molecule has 2 atom stereocenters. The first-order valence-corrected chi connectivity index (χ1v) is 16.6. The van der Waals surface area contributed by atoms with E-state index in [-0.39, 0.29) is 36.1 Å². The Labute approximate surface area is 296 Å². The maximum Gasteiger partial charge on any atom is 0.319 e. The molecule has 0 aliphatic carbocycles. The number of methoxy groups -OCH3 is 1. The van der Waals surface area contributed by atoms with Crippen molar-refractivity contribution in [3.05, 3.63) is 82.9 Å². The van der Waals surface area contributed by atoms with Crippen molar-refractivity contribution in [1.29, 1.82) is 0 Å². The number of ether oxygens (including phenoxy) is 3. The molecule has 2 aliphatic rings. The summed E-state index contributed by atoms with van der Waals surface area (Å²) in [5, 5.41) is 5.29. The number of hydrogen-bond donors (Lipinski definition) is 3. The first-order chi connectivity index (χ1) is 23.6. The van der Waals surface area contributed by atoms with E-state index in [1.165, 1.54) is 0 Å². The molecule has 2 heterocycles. The molecule has 4 N–H and O–H groups in total. The molecule has 0 radical (unpaired) electrons. The minimum absolute atomic E-state index is 0. The van der Waals surface area contributed by atoms with Crippen LogP contribution in [0, 0.1) is 11.6 Å². The highest BCUT2D eigenvalue weighted by atomic mass is 35.5. The van der Waals surface area contributed by atoms with E-state index in [0.29, 0.717) is 74.6 Å². The van der Waals surface area contributed by atoms with Crippen molar-refractivity contribution in [2.45, 2.75) is 57.7 Å². The van der Waals surface area contributed by atoms with Crippen molar-refractivity contribution in [3.63, 3.8) is 0 Å². The van der Waals surface area contributed by atoms with Crippen LogP contribution in [0.4, 0.5) is 19.3 Å². The van der Waals surface area contributed by atoms with Crippen LogP contribution in [0.3, 0.4) is 0 Å². The minimum Gasteiger partial charge on any atom is -0.493 e. The second kappa shape index (κ2) is 18.0. The number of urea groups is 1. The maximum atomic E-state index is 14.3. The molecule has 270 valence electrons. The molecule has 0 aromatic heterocycles. The Balaban J connectivity index is 0.00000562. The SMILES string of the molecule is CCCCC1CC(NC(=O)Nc2cc(C(N)=O)c(F)cc2F)CCN1Cc1ccc(Oc2ccc(C(=O)N3CCOCC3)cc2OC)cc1.Cl. The van der Waals surface area contributed by atoms with Crippen molar-refractivity contribution in [3.8, 4) is 17.2 Å². The molecule has 2 fully saturated rings. The Morgan fingerprint density at radius 1 is 0.980 bits per heavy atom. The Morgan fingerprint density at radius 3 is 2.40 bits per heavy atom. The van der Waals surface area contributed by atoms with E-state index in [1.807, 2.05) is 24.3 Å². The highest BCUT2D eigenvalue weighted by Gasteiger charge is 2.29. The topological polar surface area (TPSA) is 135 Å². The van der Waals surface area contributed by atoms with Crippen LogP contribution in [0.5, 0.6) is 17.2 Å². The number of halogens is 3. The number of likely N-dealkylation sites (tertiary alicyclic amines) is 1. The molecule has 2 aliphatic heterocycles. The fraction of sp³-hybridized carbons (Fsp3) is 0.417. The van der Waals surface area contributed by atoms with Gasteiger partial charge in [-0.1, -0.05) is 31.9 Å². The monoisotopic (exact) mass is 715 g/mol. The summed E-state index contributed by atoms with van der Waals surface area (Å²) in [4.78, 5) is 41.3. The lowest BCUT2D eigenvalue weighted by atomic mass is 9.93. The van der Waals surface area contributed by atoms with Gasteiger partial charge in [-0.05, 0) is 61.2 Å². The molecule has 2 unspecified atom stereocenters. The number of amides is 4. The summed E-state index contributed by atoms with van der Waals surface area (Å²) >= 11 is 0. The average molecular weight is 716 g/mol. The fourth-order valence-corrected chi connectivity index (χ4v) is 6.21. The van der Waals surface area contributed by atoms with Crippen LogP contribution in [0.2, 0.25) is 0 Å². The van der Waals surface area contributed by atoms with Crippen molar-refractivity contribution in [1.82, 2.24) is 15.1 Å². The zero-order valence-corrected chi connectivity index (χ0v) is 29.0. The summed E-state index contributed by atoms with van der Waals surface area (Å²) in [5.74, 6) is -1.62. The lowest BCUT2D eigenvalue weighted by molar-refractivity contribution is 0.0302. The first kappa shape index (κ1) is 38.3. The van der Waals surface area contributed by atoms with Crippen LogP contribution in [-0.4, -0.2) is 79.7 Å². The highest BCUT2D eigenvalue weighted by Crippen LogP contribution is 2.33. The van der Waals surface area contributed by atoms with Crippen LogP contribution in [-0.2, 0) is 11.3 Å². The van der Waals surface area contributed by atoms with Crippen molar-refractivity contribution >= 4 is 35.9 Å². The van der Waals surface area contributed by atoms with Crippen LogP contribution in [0.25, 0.3) is 0 Å². The number of piperidine rings is 1. The average Bonchev–Trinajstić information content (AvgIpc) is 3.10. The molecule has 3 aromatic rings. The van der Waals surface area contributed by atoms with Crippen molar-refractivity contribution in [2.24, 2.45) is 5.73 Å². The minimum atomic E-state index is -1.09. The van der Waals surface area contributed by atoms with Gasteiger partial charge < -0.3 is 35.5 Å². The molecule has 3 aromatic carbocycles. The highest BCUT2D eigenvalue weighted by molar-refractivity contribution is 5.96. The lowest BCUT2D eigenvalue weighted by Gasteiger charge is -2.40. The molecule has 4 amide bonds. The number of carbonyl (C=O) groups is 3. The third-order valence-corrected chi connectivity index (χ3v) is 8.88. The summed E-state index contributed by atoms with van der Waals surface area (Å²) < 4.78 is 45.2. The Bertz CT molecular complexity index is 1640. The fourth-order valence-electron chi connectivity index (χ4n) is 6.21. The van der Waals surface area contributed by atoms with Gasteiger partial charge in [0, 0.05) is 49.9 Å². The molecule has 5 rings (SSSR count). The standard InChI is InChI=1S/C36H43F2N5O6.ClH/c1-3-4-5-26-19-25(40-36(46)41-31-20-28(34(39)44)29(37)21-30(31)38)12-13-43(26)22-23-6-9-27(10-7-23)49-32-11-8-24(18-33(32)47-2)35(45)42-14-16-48-17-15-42;/h6-11,18,20-21,25-26H,3-5,12-17,19,22H2,1-2H3,(H2,39,44)(H2,40,41,46);1H. The van der Waals surface area contributed by atoms with E-state index in [4.69, 9.17) is 19.9 Å². The predicted octanol–water partition coefficient (Wildman–Crippen LogP) is 6.10. The van der Waals surface area contributed by atoms with E-state index in [9.17, 15) is 23.2 Å². The zero-order valence-electron chi connectivity index (χ0n) is 28.2.